The van der Waals surface area contributed by atoms with Crippen LogP contribution in [0.5, 0.6) is 0 Å². The molecule has 8 aliphatic rings. The van der Waals surface area contributed by atoms with E-state index in [2.05, 4.69) is 90.4 Å². The third-order valence-corrected chi connectivity index (χ3v) is 11.0. The van der Waals surface area contributed by atoms with Gasteiger partial charge >= 0.3 is 0 Å². The lowest BCUT2D eigenvalue weighted by molar-refractivity contribution is 0.0262. The van der Waals surface area contributed by atoms with Gasteiger partial charge in [0.2, 0.25) is 0 Å². The molecule has 42 heavy (non-hydrogen) atoms. The lowest BCUT2D eigenvalue weighted by Gasteiger charge is -2.52. The molecule has 0 radical (unpaired) electrons. The quantitative estimate of drug-likeness (QED) is 0.343. The van der Waals surface area contributed by atoms with Gasteiger partial charge < -0.3 is 5.32 Å². The number of aliphatic imine (C=N–C) groups is 3. The topological polar surface area (TPSA) is 49.1 Å². The first-order valence-electron chi connectivity index (χ1n) is 16.4. The summed E-state index contributed by atoms with van der Waals surface area (Å²) in [7, 11) is 0. The van der Waals surface area contributed by atoms with E-state index < -0.39 is 0 Å². The molecule has 0 bridgehead atoms. The molecule has 1 fully saturated rings. The smallest absolute Gasteiger partial charge is 0.165 e. The van der Waals surface area contributed by atoms with Crippen molar-refractivity contribution in [2.45, 2.75) is 64.0 Å². The van der Waals surface area contributed by atoms with Gasteiger partial charge in [-0.15, -0.1) is 0 Å². The molecule has 1 N–H and O–H groups in total. The van der Waals surface area contributed by atoms with Crippen molar-refractivity contribution < 1.29 is 0 Å². The maximum Gasteiger partial charge on any atom is 0.165 e. The molecule has 8 rings (SSSR count). The summed E-state index contributed by atoms with van der Waals surface area (Å²) in [5, 5.41) is 3.68. The van der Waals surface area contributed by atoms with Crippen molar-refractivity contribution in [2.24, 2.45) is 56.4 Å². The van der Waals surface area contributed by atoms with E-state index in [1.165, 1.54) is 54.5 Å². The zero-order chi connectivity index (χ0) is 27.9. The zero-order valence-electron chi connectivity index (χ0n) is 24.5. The van der Waals surface area contributed by atoms with E-state index in [1.807, 2.05) is 6.21 Å². The Morgan fingerprint density at radius 3 is 2.29 bits per heavy atom. The molecular formula is C38H42N4. The van der Waals surface area contributed by atoms with Crippen molar-refractivity contribution in [3.8, 4) is 0 Å². The Bertz CT molecular complexity index is 1460. The van der Waals surface area contributed by atoms with Crippen molar-refractivity contribution in [3.63, 3.8) is 0 Å². The Labute approximate surface area is 250 Å². The molecule has 214 valence electrons. The fourth-order valence-electron chi connectivity index (χ4n) is 8.98. The number of rotatable bonds is 5. The molecule has 0 aromatic carbocycles. The molecule has 1 saturated carbocycles. The van der Waals surface area contributed by atoms with Gasteiger partial charge in [-0.25, -0.2) is 9.98 Å². The summed E-state index contributed by atoms with van der Waals surface area (Å²) in [5.41, 5.74) is 5.31. The average Bonchev–Trinajstić information content (AvgIpc) is 3.04. The number of nitrogens with one attached hydrogen (secondary N) is 1. The first-order valence-corrected chi connectivity index (χ1v) is 16.4. The van der Waals surface area contributed by atoms with E-state index in [0.717, 1.165) is 49.2 Å². The summed E-state index contributed by atoms with van der Waals surface area (Å²) in [6.07, 6.45) is 44.9. The third kappa shape index (κ3) is 4.83. The van der Waals surface area contributed by atoms with Gasteiger partial charge in [0.25, 0.3) is 0 Å². The molecule has 0 amide bonds. The summed E-state index contributed by atoms with van der Waals surface area (Å²) < 4.78 is 0. The summed E-state index contributed by atoms with van der Waals surface area (Å²) in [4.78, 5) is 15.4. The molecule has 0 aromatic heterocycles. The van der Waals surface area contributed by atoms with Crippen molar-refractivity contribution in [1.29, 1.82) is 0 Å². The van der Waals surface area contributed by atoms with E-state index in [4.69, 9.17) is 15.0 Å². The first kappa shape index (κ1) is 26.1. The van der Waals surface area contributed by atoms with Crippen LogP contribution in [0.4, 0.5) is 0 Å². The van der Waals surface area contributed by atoms with Crippen molar-refractivity contribution in [1.82, 2.24) is 5.32 Å². The molecular weight excluding hydrogens is 512 g/mol. The Balaban J connectivity index is 1.17. The normalized spacial score (nSPS) is 38.1. The van der Waals surface area contributed by atoms with Crippen LogP contribution in [0.25, 0.3) is 0 Å². The fourth-order valence-corrected chi connectivity index (χ4v) is 8.98. The second kappa shape index (κ2) is 11.3. The molecule has 6 aliphatic carbocycles. The lowest BCUT2D eigenvalue weighted by atomic mass is 9.52. The Hall–Kier alpha value is -3.53. The monoisotopic (exact) mass is 554 g/mol. The van der Waals surface area contributed by atoms with Gasteiger partial charge in [-0.3, -0.25) is 4.99 Å². The van der Waals surface area contributed by atoms with Crippen LogP contribution >= 0.6 is 0 Å². The first-order chi connectivity index (χ1) is 20.8. The van der Waals surface area contributed by atoms with E-state index in [1.54, 1.807) is 0 Å². The van der Waals surface area contributed by atoms with E-state index >= 15 is 0 Å². The van der Waals surface area contributed by atoms with Crippen molar-refractivity contribution in [3.05, 3.63) is 107 Å². The second-order valence-corrected chi connectivity index (χ2v) is 13.3. The number of fused-ring (bicyclic) bond motifs is 2. The van der Waals surface area contributed by atoms with Gasteiger partial charge in [0.1, 0.15) is 11.7 Å². The molecule has 2 aliphatic heterocycles. The molecule has 4 nitrogen and oxygen atoms in total. The van der Waals surface area contributed by atoms with Gasteiger partial charge in [-0.1, -0.05) is 79.0 Å². The van der Waals surface area contributed by atoms with Gasteiger partial charge in [-0.05, 0) is 116 Å². The number of amidine groups is 2. The molecule has 0 aromatic rings. The highest BCUT2D eigenvalue weighted by Crippen LogP contribution is 2.56. The van der Waals surface area contributed by atoms with Crippen LogP contribution in [0.2, 0.25) is 0 Å². The highest BCUT2D eigenvalue weighted by molar-refractivity contribution is 6.11. The van der Waals surface area contributed by atoms with E-state index in [0.29, 0.717) is 23.7 Å². The van der Waals surface area contributed by atoms with Crippen LogP contribution < -0.4 is 5.32 Å². The number of nitrogens with zero attached hydrogens (tertiary/aromatic N) is 3. The summed E-state index contributed by atoms with van der Waals surface area (Å²) >= 11 is 0. The maximum atomic E-state index is 5.34. The number of hydrogen-bond acceptors (Lipinski definition) is 4. The van der Waals surface area contributed by atoms with Crippen LogP contribution in [0, 0.1) is 41.4 Å². The van der Waals surface area contributed by atoms with Crippen molar-refractivity contribution in [2.75, 3.05) is 0 Å². The Morgan fingerprint density at radius 2 is 1.60 bits per heavy atom. The highest BCUT2D eigenvalue weighted by atomic mass is 15.2. The minimum absolute atomic E-state index is 0.172. The summed E-state index contributed by atoms with van der Waals surface area (Å²) in [6.45, 7) is 0. The summed E-state index contributed by atoms with van der Waals surface area (Å²) in [5.74, 6) is 6.40. The summed E-state index contributed by atoms with van der Waals surface area (Å²) in [6, 6.07) is 0. The van der Waals surface area contributed by atoms with Gasteiger partial charge in [0.05, 0.1) is 5.70 Å². The molecule has 0 spiro atoms. The molecule has 4 heteroatoms. The zero-order valence-corrected chi connectivity index (χ0v) is 24.5. The van der Waals surface area contributed by atoms with E-state index in [-0.39, 0.29) is 12.1 Å². The van der Waals surface area contributed by atoms with Gasteiger partial charge in [-0.2, -0.15) is 0 Å². The Kier molecular flexibility index (Phi) is 7.02. The van der Waals surface area contributed by atoms with Gasteiger partial charge in [0.15, 0.2) is 6.17 Å². The predicted molar refractivity (Wildman–Crippen MR) is 174 cm³/mol. The number of allylic oxidation sites excluding steroid dienone is 14. The molecule has 7 atom stereocenters. The van der Waals surface area contributed by atoms with E-state index in [9.17, 15) is 0 Å². The van der Waals surface area contributed by atoms with Gasteiger partial charge in [0, 0.05) is 12.1 Å². The molecule has 0 saturated heterocycles. The maximum absolute atomic E-state index is 5.34. The predicted octanol–water partition coefficient (Wildman–Crippen LogP) is 8.15. The third-order valence-electron chi connectivity index (χ3n) is 11.0. The average molecular weight is 555 g/mol. The molecule has 2 heterocycles. The van der Waals surface area contributed by atoms with Crippen LogP contribution in [0.15, 0.2) is 122 Å². The van der Waals surface area contributed by atoms with Crippen LogP contribution in [0.3, 0.4) is 0 Å². The fraction of sp³-hybridized carbons (Fsp3) is 0.447. The number of hydrogen-bond donors (Lipinski definition) is 1. The molecule has 7 unspecified atom stereocenters. The van der Waals surface area contributed by atoms with Crippen LogP contribution in [-0.4, -0.2) is 24.1 Å². The standard InChI is InChI=1S/C38H42N4/c1-3-11-25(12-4-1)36-40-37(26-13-5-2-6-14-26)42-38(41-36)29-19-20-32(34-21-22-39-34)33(24-29)35-30-17-9-7-15-27(30)23-28-16-8-10-18-31(28)35/h1-5,7-8,11,13,15-16,19-22,25,27-28,30-31,33,35,38H,6,9-10,12,14,17-18,23-24H2,(H,40,41,42). The lowest BCUT2D eigenvalue weighted by Crippen LogP contribution is -2.46. The second-order valence-electron chi connectivity index (χ2n) is 13.3. The Morgan fingerprint density at radius 1 is 0.762 bits per heavy atom. The highest BCUT2D eigenvalue weighted by Gasteiger charge is 2.49. The minimum atomic E-state index is -0.172. The van der Waals surface area contributed by atoms with Crippen LogP contribution in [-0.2, 0) is 0 Å². The van der Waals surface area contributed by atoms with Crippen molar-refractivity contribution >= 4 is 17.9 Å². The SMILES string of the molecule is C1=CCCC(C2=NC(C3=CC=C(C4=CC=N4)C(C4C5CCC=CC5CC5C=CCCC54)C3)N=C(C3C=CC=CC3)N2)=C1. The van der Waals surface area contributed by atoms with Crippen LogP contribution in [0.1, 0.15) is 57.8 Å². The largest absolute Gasteiger partial charge is 0.328 e. The minimum Gasteiger partial charge on any atom is -0.328 e.